The molecule has 0 aliphatic rings. The zero-order valence-corrected chi connectivity index (χ0v) is 15.9. The molecule has 0 unspecified atom stereocenters. The Hall–Kier alpha value is -2.76. The third-order valence-electron chi connectivity index (χ3n) is 2.96. The van der Waals surface area contributed by atoms with Gasteiger partial charge in [-0.25, -0.2) is 9.78 Å². The predicted octanol–water partition coefficient (Wildman–Crippen LogP) is 2.98. The van der Waals surface area contributed by atoms with Gasteiger partial charge in [0, 0.05) is 6.07 Å². The van der Waals surface area contributed by atoms with E-state index in [1.54, 1.807) is 25.3 Å². The highest BCUT2D eigenvalue weighted by Gasteiger charge is 2.07. The summed E-state index contributed by atoms with van der Waals surface area (Å²) in [4.78, 5) is 25.2. The Morgan fingerprint density at radius 2 is 2.23 bits per heavy atom. The number of aromatic nitrogens is 1. The molecule has 0 saturated heterocycles. The van der Waals surface area contributed by atoms with Gasteiger partial charge in [0.1, 0.15) is 17.8 Å². The lowest BCUT2D eigenvalue weighted by atomic mass is 10.2. The van der Waals surface area contributed by atoms with Crippen molar-refractivity contribution in [2.75, 3.05) is 18.6 Å². The molecule has 0 aliphatic carbocycles. The van der Waals surface area contributed by atoms with Gasteiger partial charge in [-0.1, -0.05) is 0 Å². The summed E-state index contributed by atoms with van der Waals surface area (Å²) in [5.41, 5.74) is 3.40. The number of carbonyl (C=O) groups excluding carboxylic acids is 1. The molecule has 1 N–H and O–H groups in total. The molecule has 26 heavy (non-hydrogen) atoms. The Kier molecular flexibility index (Phi) is 7.26. The number of anilines is 1. The van der Waals surface area contributed by atoms with E-state index in [1.807, 2.05) is 6.07 Å². The molecule has 0 spiro atoms. The zero-order valence-electron chi connectivity index (χ0n) is 13.7. The molecule has 1 heterocycles. The van der Waals surface area contributed by atoms with E-state index >= 15 is 0 Å². The molecule has 0 bridgehead atoms. The molecule has 0 atom stereocenters. The van der Waals surface area contributed by atoms with Crippen LogP contribution in [0.3, 0.4) is 0 Å². The van der Waals surface area contributed by atoms with Crippen molar-refractivity contribution in [2.24, 2.45) is 5.10 Å². The van der Waals surface area contributed by atoms with Crippen LogP contribution in [0.25, 0.3) is 0 Å². The molecular formula is C16H15IN4O5. The monoisotopic (exact) mass is 470 g/mol. The number of esters is 1. The first-order chi connectivity index (χ1) is 12.5. The van der Waals surface area contributed by atoms with Crippen molar-refractivity contribution < 1.29 is 19.2 Å². The number of rotatable bonds is 8. The summed E-state index contributed by atoms with van der Waals surface area (Å²) in [7, 11) is 0. The Morgan fingerprint density at radius 3 is 2.85 bits per heavy atom. The topological polar surface area (TPSA) is 116 Å². The maximum absolute atomic E-state index is 11.3. The van der Waals surface area contributed by atoms with Gasteiger partial charge in [-0.2, -0.15) is 5.10 Å². The fourth-order valence-electron chi connectivity index (χ4n) is 1.79. The molecular weight excluding hydrogens is 455 g/mol. The molecule has 10 heteroatoms. The number of hydrogen-bond acceptors (Lipinski definition) is 8. The van der Waals surface area contributed by atoms with Crippen LogP contribution >= 0.6 is 22.6 Å². The summed E-state index contributed by atoms with van der Waals surface area (Å²) in [6.45, 7) is 1.89. The molecule has 1 aromatic heterocycles. The largest absolute Gasteiger partial charge is 0.481 e. The Morgan fingerprint density at radius 1 is 1.42 bits per heavy atom. The normalized spacial score (nSPS) is 10.5. The number of carbonyl (C=O) groups is 1. The quantitative estimate of drug-likeness (QED) is 0.207. The highest BCUT2D eigenvalue weighted by molar-refractivity contribution is 14.1. The van der Waals surface area contributed by atoms with E-state index in [9.17, 15) is 14.9 Å². The molecule has 0 fully saturated rings. The van der Waals surface area contributed by atoms with Crippen LogP contribution in [0.2, 0.25) is 0 Å². The van der Waals surface area contributed by atoms with Crippen molar-refractivity contribution in [2.45, 2.75) is 6.92 Å². The predicted molar refractivity (Wildman–Crippen MR) is 103 cm³/mol. The van der Waals surface area contributed by atoms with Crippen LogP contribution in [0.4, 0.5) is 11.5 Å². The van der Waals surface area contributed by atoms with E-state index in [2.05, 4.69) is 38.1 Å². The SMILES string of the molecule is CCOC(=O)COc1ccc(/C=N/Nc2ccc([N+](=O)[O-])cn2)cc1I. The average Bonchev–Trinajstić information content (AvgIpc) is 2.61. The summed E-state index contributed by atoms with van der Waals surface area (Å²) >= 11 is 2.09. The van der Waals surface area contributed by atoms with Crippen molar-refractivity contribution in [1.29, 1.82) is 0 Å². The van der Waals surface area contributed by atoms with Gasteiger partial charge in [0.15, 0.2) is 6.61 Å². The van der Waals surface area contributed by atoms with Crippen LogP contribution in [-0.4, -0.2) is 35.3 Å². The molecule has 1 aromatic carbocycles. The van der Waals surface area contributed by atoms with E-state index in [1.165, 1.54) is 12.1 Å². The van der Waals surface area contributed by atoms with E-state index in [0.717, 1.165) is 15.3 Å². The van der Waals surface area contributed by atoms with Gasteiger partial charge in [0.25, 0.3) is 5.69 Å². The van der Waals surface area contributed by atoms with Gasteiger partial charge in [-0.15, -0.1) is 0 Å². The summed E-state index contributed by atoms with van der Waals surface area (Å²) in [5.74, 6) is 0.533. The van der Waals surface area contributed by atoms with Crippen molar-refractivity contribution in [3.8, 4) is 5.75 Å². The van der Waals surface area contributed by atoms with Gasteiger partial charge in [0.05, 0.1) is 21.3 Å². The molecule has 0 aliphatic heterocycles. The van der Waals surface area contributed by atoms with E-state index < -0.39 is 10.9 Å². The average molecular weight is 470 g/mol. The standard InChI is InChI=1S/C16H15IN4O5/c1-2-25-16(22)10-26-14-5-3-11(7-13(14)17)8-19-20-15-6-4-12(9-18-15)21(23)24/h3-9H,2,10H2,1H3,(H,18,20)/b19-8+. The first-order valence-corrected chi connectivity index (χ1v) is 8.55. The maximum Gasteiger partial charge on any atom is 0.344 e. The second-order valence-electron chi connectivity index (χ2n) is 4.81. The van der Waals surface area contributed by atoms with Gasteiger partial charge in [0.2, 0.25) is 0 Å². The van der Waals surface area contributed by atoms with Gasteiger partial charge in [-0.3, -0.25) is 15.5 Å². The second kappa shape index (κ2) is 9.65. The van der Waals surface area contributed by atoms with Gasteiger partial charge in [-0.05, 0) is 59.3 Å². The Labute approximate surface area is 162 Å². The highest BCUT2D eigenvalue weighted by atomic mass is 127. The minimum atomic E-state index is -0.520. The Bertz CT molecular complexity index is 811. The summed E-state index contributed by atoms with van der Waals surface area (Å²) in [5, 5.41) is 14.6. The fourth-order valence-corrected chi connectivity index (χ4v) is 2.48. The van der Waals surface area contributed by atoms with Crippen molar-refractivity contribution in [1.82, 2.24) is 4.98 Å². The second-order valence-corrected chi connectivity index (χ2v) is 5.97. The zero-order chi connectivity index (χ0) is 18.9. The Balaban J connectivity index is 1.92. The van der Waals surface area contributed by atoms with E-state index in [-0.39, 0.29) is 12.3 Å². The molecule has 2 rings (SSSR count). The smallest absolute Gasteiger partial charge is 0.344 e. The summed E-state index contributed by atoms with van der Waals surface area (Å²) < 4.78 is 11.0. The fraction of sp³-hybridized carbons (Fsp3) is 0.188. The number of benzene rings is 1. The number of hydrazone groups is 1. The minimum Gasteiger partial charge on any atom is -0.481 e. The summed E-state index contributed by atoms with van der Waals surface area (Å²) in [6.07, 6.45) is 2.72. The van der Waals surface area contributed by atoms with Crippen LogP contribution in [0.15, 0.2) is 41.6 Å². The van der Waals surface area contributed by atoms with Crippen molar-refractivity contribution >= 4 is 46.3 Å². The van der Waals surface area contributed by atoms with Crippen molar-refractivity contribution in [3.63, 3.8) is 0 Å². The number of hydrogen-bond donors (Lipinski definition) is 1. The molecule has 0 amide bonds. The lowest BCUT2D eigenvalue weighted by Gasteiger charge is -2.08. The molecule has 0 radical (unpaired) electrons. The number of nitro groups is 1. The van der Waals surface area contributed by atoms with Crippen LogP contribution in [-0.2, 0) is 9.53 Å². The van der Waals surface area contributed by atoms with Crippen LogP contribution < -0.4 is 10.2 Å². The van der Waals surface area contributed by atoms with E-state index in [4.69, 9.17) is 9.47 Å². The number of nitrogens with zero attached hydrogens (tertiary/aromatic N) is 3. The minimum absolute atomic E-state index is 0.0903. The molecule has 136 valence electrons. The lowest BCUT2D eigenvalue weighted by molar-refractivity contribution is -0.385. The lowest BCUT2D eigenvalue weighted by Crippen LogP contribution is -2.15. The van der Waals surface area contributed by atoms with E-state index in [0.29, 0.717) is 18.2 Å². The van der Waals surface area contributed by atoms with Crippen LogP contribution in [0, 0.1) is 13.7 Å². The molecule has 2 aromatic rings. The third-order valence-corrected chi connectivity index (χ3v) is 3.80. The van der Waals surface area contributed by atoms with Crippen molar-refractivity contribution in [3.05, 3.63) is 55.8 Å². The van der Waals surface area contributed by atoms with Gasteiger partial charge >= 0.3 is 5.97 Å². The maximum atomic E-state index is 11.3. The molecule has 0 saturated carbocycles. The third kappa shape index (κ3) is 5.95. The first kappa shape index (κ1) is 19.6. The number of nitrogens with one attached hydrogen (secondary N) is 1. The number of halogens is 1. The van der Waals surface area contributed by atoms with Crippen LogP contribution in [0.1, 0.15) is 12.5 Å². The summed E-state index contributed by atoms with van der Waals surface area (Å²) in [6, 6.07) is 8.13. The highest BCUT2D eigenvalue weighted by Crippen LogP contribution is 2.21. The van der Waals surface area contributed by atoms with Gasteiger partial charge < -0.3 is 9.47 Å². The molecule has 9 nitrogen and oxygen atoms in total. The number of pyridine rings is 1. The number of ether oxygens (including phenoxy) is 2. The first-order valence-electron chi connectivity index (χ1n) is 7.47. The van der Waals surface area contributed by atoms with Crippen LogP contribution in [0.5, 0.6) is 5.75 Å².